The van der Waals surface area contributed by atoms with Gasteiger partial charge in [0, 0.05) is 42.0 Å². The van der Waals surface area contributed by atoms with E-state index in [1.165, 1.54) is 37.9 Å². The van der Waals surface area contributed by atoms with Gasteiger partial charge in [0.15, 0.2) is 0 Å². The van der Waals surface area contributed by atoms with Crippen LogP contribution >= 0.6 is 0 Å². The minimum Gasteiger partial charge on any atom is -0.468 e. The van der Waals surface area contributed by atoms with E-state index in [-0.39, 0.29) is 23.3 Å². The van der Waals surface area contributed by atoms with Gasteiger partial charge in [0.2, 0.25) is 11.8 Å². The smallest absolute Gasteiger partial charge is 0.320 e. The average Bonchev–Trinajstić information content (AvgIpc) is 3.77. The van der Waals surface area contributed by atoms with Crippen LogP contribution in [0.15, 0.2) is 22.7 Å². The Labute approximate surface area is 235 Å². The maximum absolute atomic E-state index is 12.1. The van der Waals surface area contributed by atoms with Crippen molar-refractivity contribution in [3.05, 3.63) is 22.7 Å². The monoisotopic (exact) mass is 566 g/mol. The van der Waals surface area contributed by atoms with E-state index in [9.17, 15) is 28.8 Å². The van der Waals surface area contributed by atoms with Crippen LogP contribution in [0.5, 0.6) is 0 Å². The molecule has 2 aliphatic rings. The van der Waals surface area contributed by atoms with Crippen LogP contribution in [0.3, 0.4) is 0 Å². The van der Waals surface area contributed by atoms with E-state index in [4.69, 9.17) is 18.9 Å². The van der Waals surface area contributed by atoms with E-state index in [0.29, 0.717) is 24.0 Å². The second-order valence-corrected chi connectivity index (χ2v) is 10.8. The van der Waals surface area contributed by atoms with Gasteiger partial charge in [-0.25, -0.2) is 0 Å². The van der Waals surface area contributed by atoms with E-state index < -0.39 is 46.5 Å². The number of amides is 2. The highest BCUT2D eigenvalue weighted by atomic mass is 16.6. The summed E-state index contributed by atoms with van der Waals surface area (Å²) >= 11 is 0. The first kappa shape index (κ1) is 34.3. The Balaban J connectivity index is 0.000000400. The van der Waals surface area contributed by atoms with Crippen LogP contribution in [0.4, 0.5) is 0 Å². The molecule has 224 valence electrons. The van der Waals surface area contributed by atoms with Gasteiger partial charge < -0.3 is 28.7 Å². The van der Waals surface area contributed by atoms with E-state index in [0.717, 1.165) is 0 Å². The molecule has 0 unspecified atom stereocenters. The molecule has 0 aromatic rings. The van der Waals surface area contributed by atoms with Crippen LogP contribution in [0, 0.1) is 22.7 Å². The molecule has 12 nitrogen and oxygen atoms in total. The van der Waals surface area contributed by atoms with Gasteiger partial charge in [-0.2, -0.15) is 0 Å². The third kappa shape index (κ3) is 6.89. The summed E-state index contributed by atoms with van der Waals surface area (Å²) in [4.78, 5) is 73.8. The summed E-state index contributed by atoms with van der Waals surface area (Å²) in [6.07, 6.45) is 0.592. The fourth-order valence-electron chi connectivity index (χ4n) is 4.81. The molecule has 0 spiro atoms. The van der Waals surface area contributed by atoms with Gasteiger partial charge in [0.05, 0.1) is 26.1 Å². The van der Waals surface area contributed by atoms with Crippen molar-refractivity contribution in [2.24, 2.45) is 22.7 Å². The zero-order valence-electron chi connectivity index (χ0n) is 25.5. The zero-order valence-corrected chi connectivity index (χ0v) is 25.5. The van der Waals surface area contributed by atoms with Gasteiger partial charge in [-0.1, -0.05) is 0 Å². The second-order valence-electron chi connectivity index (χ2n) is 10.8. The minimum absolute atomic E-state index is 0.179. The van der Waals surface area contributed by atoms with Crippen molar-refractivity contribution >= 4 is 35.7 Å². The summed E-state index contributed by atoms with van der Waals surface area (Å²) in [5.74, 6) is -3.12. The third-order valence-corrected chi connectivity index (χ3v) is 6.71. The van der Waals surface area contributed by atoms with Gasteiger partial charge in [0.25, 0.3) is 0 Å². The van der Waals surface area contributed by atoms with Crippen molar-refractivity contribution in [3.8, 4) is 0 Å². The molecule has 0 bridgehead atoms. The van der Waals surface area contributed by atoms with Crippen LogP contribution in [0.25, 0.3) is 0 Å². The molecule has 0 N–H and O–H groups in total. The second kappa shape index (κ2) is 13.1. The number of carbonyl (C=O) groups excluding carboxylic acids is 6. The quantitative estimate of drug-likeness (QED) is 0.243. The number of carbonyl (C=O) groups is 6. The average molecular weight is 567 g/mol. The molecule has 0 radical (unpaired) electrons. The summed E-state index contributed by atoms with van der Waals surface area (Å²) in [7, 11) is 9.01. The number of hydrogen-bond donors (Lipinski definition) is 0. The summed E-state index contributed by atoms with van der Waals surface area (Å²) in [5, 5.41) is 0. The zero-order chi connectivity index (χ0) is 31.3. The number of esters is 4. The molecule has 4 atom stereocenters. The van der Waals surface area contributed by atoms with Crippen molar-refractivity contribution in [2.45, 2.75) is 54.4 Å². The number of methoxy groups -OCH3 is 2. The molecule has 2 saturated carbocycles. The van der Waals surface area contributed by atoms with Crippen molar-refractivity contribution in [1.82, 2.24) is 9.80 Å². The maximum atomic E-state index is 12.1. The van der Waals surface area contributed by atoms with E-state index in [2.05, 4.69) is 0 Å². The third-order valence-electron chi connectivity index (χ3n) is 6.71. The normalized spacial score (nSPS) is 23.6. The Kier molecular flexibility index (Phi) is 11.2. The van der Waals surface area contributed by atoms with Crippen molar-refractivity contribution in [1.29, 1.82) is 0 Å². The lowest BCUT2D eigenvalue weighted by atomic mass is 9.97. The lowest BCUT2D eigenvalue weighted by Gasteiger charge is -2.20. The molecule has 40 heavy (non-hydrogen) atoms. The lowest BCUT2D eigenvalue weighted by Crippen LogP contribution is -2.32. The molecule has 0 aromatic heterocycles. The molecule has 2 aliphatic carbocycles. The number of allylic oxidation sites excluding steroid dienone is 2. The highest BCUT2D eigenvalue weighted by molar-refractivity contribution is 5.97. The summed E-state index contributed by atoms with van der Waals surface area (Å²) < 4.78 is 20.0. The predicted molar refractivity (Wildman–Crippen MR) is 143 cm³/mol. The molecule has 0 heterocycles. The number of hydrogen-bond acceptors (Lipinski definition) is 10. The van der Waals surface area contributed by atoms with Crippen LogP contribution in [0.2, 0.25) is 0 Å². The van der Waals surface area contributed by atoms with Gasteiger partial charge in [0.1, 0.15) is 22.3 Å². The van der Waals surface area contributed by atoms with E-state index >= 15 is 0 Å². The number of ether oxygens (including phenoxy) is 4. The predicted octanol–water partition coefficient (Wildman–Crippen LogP) is 2.22. The number of rotatable bonds is 8. The molecule has 0 saturated heterocycles. The Morgan fingerprint density at radius 3 is 1.02 bits per heavy atom. The van der Waals surface area contributed by atoms with Gasteiger partial charge in [-0.3, -0.25) is 28.8 Å². The largest absolute Gasteiger partial charge is 0.468 e. The molecule has 2 amide bonds. The first-order chi connectivity index (χ1) is 18.4. The van der Waals surface area contributed by atoms with Gasteiger partial charge >= 0.3 is 23.9 Å². The summed E-state index contributed by atoms with van der Waals surface area (Å²) in [6, 6.07) is 0. The van der Waals surface area contributed by atoms with Crippen molar-refractivity contribution in [2.75, 3.05) is 42.4 Å². The first-order valence-corrected chi connectivity index (χ1v) is 12.7. The van der Waals surface area contributed by atoms with Crippen molar-refractivity contribution < 1.29 is 47.7 Å². The van der Waals surface area contributed by atoms with Crippen LogP contribution in [-0.2, 0) is 47.7 Å². The Hall–Kier alpha value is -3.70. The molecule has 12 heteroatoms. The first-order valence-electron chi connectivity index (χ1n) is 12.7. The Bertz CT molecular complexity index is 1040. The molecule has 0 aliphatic heterocycles. The molecular formula is C28H42N2O10. The lowest BCUT2D eigenvalue weighted by molar-refractivity contribution is -0.152. The van der Waals surface area contributed by atoms with Gasteiger partial charge in [-0.05, 0) is 51.7 Å². The Morgan fingerprint density at radius 1 is 0.575 bits per heavy atom. The summed E-state index contributed by atoms with van der Waals surface area (Å²) in [6.45, 7) is 9.46. The fraction of sp³-hybridized carbons (Fsp3) is 0.643. The topological polar surface area (TPSA) is 146 Å². The van der Waals surface area contributed by atoms with Crippen LogP contribution in [-0.4, -0.2) is 87.9 Å². The van der Waals surface area contributed by atoms with Crippen LogP contribution in [0.1, 0.15) is 54.4 Å². The highest BCUT2D eigenvalue weighted by Gasteiger charge is 2.70. The standard InChI is InChI=1S/2C14H21NO5/c2*1-8(2)11(20-9(3)16)14(13(18)19-6)7-10(14)12(17)15(4)5/h2*10H,7H2,1-6H3/t2*10-,14+/m00/s1. The number of nitrogens with zero attached hydrogens (tertiary/aromatic N) is 2. The SMILES string of the molecule is COC(=O)[C@]1(C(OC(C)=O)=C(C)C)C[C@H]1C(=O)N(C)C.COC(=O)[C@]1(C(OC(C)=O)=C(C)C)C[C@H]1C(=O)N(C)C. The highest BCUT2D eigenvalue weighted by Crippen LogP contribution is 2.61. The van der Waals surface area contributed by atoms with Gasteiger partial charge in [-0.15, -0.1) is 0 Å². The van der Waals surface area contributed by atoms with E-state index in [1.807, 2.05) is 0 Å². The maximum Gasteiger partial charge on any atom is 0.320 e. The van der Waals surface area contributed by atoms with Crippen molar-refractivity contribution in [3.63, 3.8) is 0 Å². The fourth-order valence-corrected chi connectivity index (χ4v) is 4.81. The van der Waals surface area contributed by atoms with Crippen LogP contribution < -0.4 is 0 Å². The molecular weight excluding hydrogens is 524 g/mol. The molecule has 2 fully saturated rings. The minimum atomic E-state index is -1.17. The van der Waals surface area contributed by atoms with E-state index in [1.54, 1.807) is 55.9 Å². The summed E-state index contributed by atoms with van der Waals surface area (Å²) in [5.41, 5.74) is -0.972. The molecule has 0 aromatic carbocycles. The molecule has 2 rings (SSSR count). The Morgan fingerprint density at radius 2 is 0.850 bits per heavy atom.